The lowest BCUT2D eigenvalue weighted by molar-refractivity contribution is 0.606. The molecule has 0 bridgehead atoms. The van der Waals surface area contributed by atoms with E-state index in [1.807, 2.05) is 24.9 Å². The van der Waals surface area contributed by atoms with Gasteiger partial charge >= 0.3 is 0 Å². The van der Waals surface area contributed by atoms with Crippen LogP contribution in [0.15, 0.2) is 36.7 Å². The van der Waals surface area contributed by atoms with E-state index in [-0.39, 0.29) is 11.9 Å². The van der Waals surface area contributed by atoms with Crippen LogP contribution in [0.3, 0.4) is 0 Å². The Hall–Kier alpha value is -1.68. The Bertz CT molecular complexity index is 461. The highest BCUT2D eigenvalue weighted by Gasteiger charge is 2.15. The summed E-state index contributed by atoms with van der Waals surface area (Å²) < 4.78 is 14.8. The number of rotatable bonds is 3. The van der Waals surface area contributed by atoms with Crippen molar-refractivity contribution in [3.63, 3.8) is 0 Å². The first-order chi connectivity index (χ1) is 7.72. The molecule has 4 heteroatoms. The van der Waals surface area contributed by atoms with Gasteiger partial charge < -0.3 is 9.88 Å². The third-order valence-electron chi connectivity index (χ3n) is 2.61. The molecule has 1 heterocycles. The average molecular weight is 219 g/mol. The second kappa shape index (κ2) is 4.45. The third-order valence-corrected chi connectivity index (χ3v) is 2.61. The lowest BCUT2D eigenvalue weighted by Crippen LogP contribution is -2.21. The number of benzene rings is 1. The molecular weight excluding hydrogens is 205 g/mol. The highest BCUT2D eigenvalue weighted by atomic mass is 19.1. The van der Waals surface area contributed by atoms with E-state index in [1.54, 1.807) is 18.3 Å². The van der Waals surface area contributed by atoms with Crippen LogP contribution in [0.4, 0.5) is 4.39 Å². The van der Waals surface area contributed by atoms with Gasteiger partial charge in [0.1, 0.15) is 11.6 Å². The standard InChI is InChI=1S/C12H14FN3/c1-14-11(12-15-7-8-16(12)2)9-3-5-10(13)6-4-9/h3-8,11,14H,1-2H3. The summed E-state index contributed by atoms with van der Waals surface area (Å²) in [7, 11) is 3.80. The van der Waals surface area contributed by atoms with E-state index in [0.717, 1.165) is 11.4 Å². The van der Waals surface area contributed by atoms with Gasteiger partial charge in [0.25, 0.3) is 0 Å². The molecule has 0 fully saturated rings. The van der Waals surface area contributed by atoms with Gasteiger partial charge in [0, 0.05) is 19.4 Å². The Balaban J connectivity index is 2.37. The number of imidazole rings is 1. The predicted octanol–water partition coefficient (Wildman–Crippen LogP) is 1.87. The number of aromatic nitrogens is 2. The van der Waals surface area contributed by atoms with E-state index < -0.39 is 0 Å². The maximum Gasteiger partial charge on any atom is 0.130 e. The largest absolute Gasteiger partial charge is 0.336 e. The van der Waals surface area contributed by atoms with Gasteiger partial charge in [-0.2, -0.15) is 0 Å². The maximum atomic E-state index is 12.8. The zero-order valence-electron chi connectivity index (χ0n) is 9.31. The quantitative estimate of drug-likeness (QED) is 0.854. The molecule has 0 amide bonds. The zero-order valence-corrected chi connectivity index (χ0v) is 9.31. The second-order valence-electron chi connectivity index (χ2n) is 3.67. The van der Waals surface area contributed by atoms with Crippen molar-refractivity contribution in [3.05, 3.63) is 53.9 Å². The summed E-state index contributed by atoms with van der Waals surface area (Å²) in [5, 5.41) is 3.18. The van der Waals surface area contributed by atoms with Crippen LogP contribution in [0.5, 0.6) is 0 Å². The Labute approximate surface area is 93.9 Å². The fourth-order valence-electron chi connectivity index (χ4n) is 1.76. The fraction of sp³-hybridized carbons (Fsp3) is 0.250. The average Bonchev–Trinajstić information content (AvgIpc) is 2.69. The molecule has 0 aliphatic heterocycles. The van der Waals surface area contributed by atoms with Crippen LogP contribution < -0.4 is 5.32 Å². The van der Waals surface area contributed by atoms with Gasteiger partial charge in [0.15, 0.2) is 0 Å². The molecule has 0 aliphatic rings. The maximum absolute atomic E-state index is 12.8. The molecule has 0 aliphatic carbocycles. The number of nitrogens with zero attached hydrogens (tertiary/aromatic N) is 2. The number of aryl methyl sites for hydroxylation is 1. The monoisotopic (exact) mass is 219 g/mol. The predicted molar refractivity (Wildman–Crippen MR) is 60.5 cm³/mol. The minimum absolute atomic E-state index is 0.0133. The molecule has 3 nitrogen and oxygen atoms in total. The minimum atomic E-state index is -0.224. The zero-order chi connectivity index (χ0) is 11.5. The summed E-state index contributed by atoms with van der Waals surface area (Å²) >= 11 is 0. The molecule has 0 spiro atoms. The van der Waals surface area contributed by atoms with E-state index in [2.05, 4.69) is 10.3 Å². The van der Waals surface area contributed by atoms with Gasteiger partial charge in [-0.25, -0.2) is 9.37 Å². The lowest BCUT2D eigenvalue weighted by Gasteiger charge is -2.16. The normalized spacial score (nSPS) is 12.7. The summed E-state index contributed by atoms with van der Waals surface area (Å²) in [4.78, 5) is 4.29. The van der Waals surface area contributed by atoms with Crippen LogP contribution in [-0.2, 0) is 7.05 Å². The van der Waals surface area contributed by atoms with E-state index in [0.29, 0.717) is 0 Å². The van der Waals surface area contributed by atoms with Gasteiger partial charge in [-0.05, 0) is 24.7 Å². The molecule has 1 N–H and O–H groups in total. The molecule has 1 aromatic heterocycles. The molecule has 84 valence electrons. The number of halogens is 1. The molecular formula is C12H14FN3. The van der Waals surface area contributed by atoms with Gasteiger partial charge in [-0.15, -0.1) is 0 Å². The molecule has 1 atom stereocenters. The van der Waals surface area contributed by atoms with Gasteiger partial charge in [-0.1, -0.05) is 12.1 Å². The van der Waals surface area contributed by atoms with Crippen molar-refractivity contribution < 1.29 is 4.39 Å². The first-order valence-corrected chi connectivity index (χ1v) is 5.12. The van der Waals surface area contributed by atoms with Crippen LogP contribution in [-0.4, -0.2) is 16.6 Å². The van der Waals surface area contributed by atoms with Crippen molar-refractivity contribution in [3.8, 4) is 0 Å². The van der Waals surface area contributed by atoms with Crippen molar-refractivity contribution in [1.82, 2.24) is 14.9 Å². The first-order valence-electron chi connectivity index (χ1n) is 5.12. The molecule has 2 rings (SSSR count). The van der Waals surface area contributed by atoms with Gasteiger partial charge in [0.2, 0.25) is 0 Å². The third kappa shape index (κ3) is 1.97. The van der Waals surface area contributed by atoms with Crippen LogP contribution in [0.1, 0.15) is 17.4 Å². The van der Waals surface area contributed by atoms with Crippen molar-refractivity contribution in [2.75, 3.05) is 7.05 Å². The molecule has 2 aromatic rings. The number of nitrogens with one attached hydrogen (secondary N) is 1. The highest BCUT2D eigenvalue weighted by Crippen LogP contribution is 2.19. The smallest absolute Gasteiger partial charge is 0.130 e. The Morgan fingerprint density at radius 1 is 1.31 bits per heavy atom. The highest BCUT2D eigenvalue weighted by molar-refractivity contribution is 5.25. The van der Waals surface area contributed by atoms with E-state index >= 15 is 0 Å². The SMILES string of the molecule is CNC(c1ccc(F)cc1)c1nccn1C. The molecule has 1 aromatic carbocycles. The summed E-state index contributed by atoms with van der Waals surface area (Å²) in [6.07, 6.45) is 3.65. The van der Waals surface area contributed by atoms with Crippen LogP contribution in [0, 0.1) is 5.82 Å². The molecule has 1 unspecified atom stereocenters. The number of hydrogen-bond donors (Lipinski definition) is 1. The van der Waals surface area contributed by atoms with E-state index in [4.69, 9.17) is 0 Å². The Kier molecular flexibility index (Phi) is 3.01. The summed E-state index contributed by atoms with van der Waals surface area (Å²) in [5.41, 5.74) is 0.998. The van der Waals surface area contributed by atoms with Crippen molar-refractivity contribution in [2.45, 2.75) is 6.04 Å². The number of hydrogen-bond acceptors (Lipinski definition) is 2. The molecule has 0 saturated heterocycles. The lowest BCUT2D eigenvalue weighted by atomic mass is 10.1. The molecule has 0 saturated carbocycles. The van der Waals surface area contributed by atoms with E-state index in [1.165, 1.54) is 12.1 Å². The van der Waals surface area contributed by atoms with Gasteiger partial charge in [-0.3, -0.25) is 0 Å². The summed E-state index contributed by atoms with van der Waals surface area (Å²) in [6, 6.07) is 6.45. The summed E-state index contributed by atoms with van der Waals surface area (Å²) in [6.45, 7) is 0. The van der Waals surface area contributed by atoms with Crippen molar-refractivity contribution >= 4 is 0 Å². The Morgan fingerprint density at radius 2 is 2.00 bits per heavy atom. The van der Waals surface area contributed by atoms with Crippen LogP contribution >= 0.6 is 0 Å². The van der Waals surface area contributed by atoms with Crippen molar-refractivity contribution in [2.24, 2.45) is 7.05 Å². The molecule has 0 radical (unpaired) electrons. The first kappa shape index (κ1) is 10.8. The minimum Gasteiger partial charge on any atom is -0.336 e. The summed E-state index contributed by atoms with van der Waals surface area (Å²) in [5.74, 6) is 0.688. The second-order valence-corrected chi connectivity index (χ2v) is 3.67. The van der Waals surface area contributed by atoms with E-state index in [9.17, 15) is 4.39 Å². The Morgan fingerprint density at radius 3 is 2.50 bits per heavy atom. The van der Waals surface area contributed by atoms with Crippen molar-refractivity contribution in [1.29, 1.82) is 0 Å². The van der Waals surface area contributed by atoms with Gasteiger partial charge in [0.05, 0.1) is 6.04 Å². The molecule has 16 heavy (non-hydrogen) atoms. The van der Waals surface area contributed by atoms with Crippen LogP contribution in [0.2, 0.25) is 0 Å². The topological polar surface area (TPSA) is 29.9 Å². The van der Waals surface area contributed by atoms with Crippen LogP contribution in [0.25, 0.3) is 0 Å². The fourth-order valence-corrected chi connectivity index (χ4v) is 1.76.